The molecule has 0 aliphatic rings. The Morgan fingerprint density at radius 3 is 2.38 bits per heavy atom. The fraction of sp³-hybridized carbons (Fsp3) is 0.188. The third-order valence-electron chi connectivity index (χ3n) is 3.36. The number of fused-ring (bicyclic) bond motifs is 1. The molecule has 3 aromatic rings. The average molecular weight is 307 g/mol. The number of rotatable bonds is 2. The molecule has 0 fully saturated rings. The highest BCUT2D eigenvalue weighted by molar-refractivity contribution is 6.17. The maximum absolute atomic E-state index is 14.2. The van der Waals surface area contributed by atoms with Crippen molar-refractivity contribution in [3.8, 4) is 5.69 Å². The Bertz CT molecular complexity index is 820. The fourth-order valence-electron chi connectivity index (χ4n) is 2.60. The minimum absolute atomic E-state index is 0.114. The predicted molar refractivity (Wildman–Crippen MR) is 80.0 cm³/mol. The second-order valence-corrected chi connectivity index (χ2v) is 5.34. The zero-order valence-corrected chi connectivity index (χ0v) is 12.4. The first kappa shape index (κ1) is 14.0. The van der Waals surface area contributed by atoms with Gasteiger partial charge in [0.2, 0.25) is 0 Å². The van der Waals surface area contributed by atoms with Crippen LogP contribution in [0.1, 0.15) is 17.0 Å². The van der Waals surface area contributed by atoms with E-state index in [-0.39, 0.29) is 11.4 Å². The quantitative estimate of drug-likeness (QED) is 0.630. The van der Waals surface area contributed by atoms with Gasteiger partial charge in [-0.1, -0.05) is 6.07 Å². The smallest absolute Gasteiger partial charge is 0.185 e. The van der Waals surface area contributed by atoms with E-state index in [1.807, 2.05) is 32.0 Å². The molecule has 0 saturated carbocycles. The van der Waals surface area contributed by atoms with Gasteiger partial charge in [-0.3, -0.25) is 4.57 Å². The van der Waals surface area contributed by atoms with E-state index in [0.29, 0.717) is 11.3 Å². The van der Waals surface area contributed by atoms with Gasteiger partial charge in [0.15, 0.2) is 11.6 Å². The van der Waals surface area contributed by atoms with Gasteiger partial charge in [0.25, 0.3) is 0 Å². The van der Waals surface area contributed by atoms with Crippen LogP contribution in [0.15, 0.2) is 30.3 Å². The first-order valence-electron chi connectivity index (χ1n) is 6.51. The predicted octanol–water partition coefficient (Wildman–Crippen LogP) is 4.66. The van der Waals surface area contributed by atoms with E-state index in [0.717, 1.165) is 22.9 Å². The molecule has 0 saturated heterocycles. The van der Waals surface area contributed by atoms with Crippen LogP contribution < -0.4 is 0 Å². The van der Waals surface area contributed by atoms with Crippen LogP contribution in [0.5, 0.6) is 0 Å². The Balaban J connectivity index is 2.42. The summed E-state index contributed by atoms with van der Waals surface area (Å²) in [5, 5.41) is 0. The van der Waals surface area contributed by atoms with Crippen molar-refractivity contribution in [2.45, 2.75) is 19.7 Å². The minimum atomic E-state index is -0.907. The van der Waals surface area contributed by atoms with Crippen molar-refractivity contribution in [2.24, 2.45) is 0 Å². The second-order valence-electron chi connectivity index (χ2n) is 5.07. The lowest BCUT2D eigenvalue weighted by molar-refractivity contribution is 0.514. The van der Waals surface area contributed by atoms with Crippen LogP contribution in [0, 0.1) is 25.5 Å². The number of halogens is 3. The molecule has 0 radical (unpaired) electrons. The van der Waals surface area contributed by atoms with Gasteiger partial charge in [-0.25, -0.2) is 13.8 Å². The first-order chi connectivity index (χ1) is 10.0. The van der Waals surface area contributed by atoms with Crippen LogP contribution in [-0.4, -0.2) is 9.55 Å². The van der Waals surface area contributed by atoms with Gasteiger partial charge in [0, 0.05) is 5.69 Å². The number of nitrogens with zero attached hydrogens (tertiary/aromatic N) is 2. The summed E-state index contributed by atoms with van der Waals surface area (Å²) in [6.45, 7) is 3.90. The van der Waals surface area contributed by atoms with Gasteiger partial charge in [0.1, 0.15) is 11.3 Å². The normalized spacial score (nSPS) is 11.3. The Hall–Kier alpha value is -1.94. The van der Waals surface area contributed by atoms with E-state index in [1.165, 1.54) is 6.07 Å². The summed E-state index contributed by atoms with van der Waals surface area (Å²) in [4.78, 5) is 4.29. The summed E-state index contributed by atoms with van der Waals surface area (Å²) in [5.74, 6) is -1.20. The molecule has 0 aliphatic carbocycles. The van der Waals surface area contributed by atoms with Crippen molar-refractivity contribution in [1.82, 2.24) is 9.55 Å². The van der Waals surface area contributed by atoms with Crippen LogP contribution in [0.2, 0.25) is 0 Å². The van der Waals surface area contributed by atoms with Gasteiger partial charge in [-0.2, -0.15) is 0 Å². The molecule has 2 nitrogen and oxygen atoms in total. The summed E-state index contributed by atoms with van der Waals surface area (Å²) in [6, 6.07) is 8.35. The average Bonchev–Trinajstić information content (AvgIpc) is 2.81. The summed E-state index contributed by atoms with van der Waals surface area (Å²) in [7, 11) is 0. The molecule has 3 rings (SSSR count). The third kappa shape index (κ3) is 2.29. The second kappa shape index (κ2) is 5.11. The number of imidazole rings is 1. The van der Waals surface area contributed by atoms with Crippen molar-refractivity contribution >= 4 is 22.6 Å². The van der Waals surface area contributed by atoms with Crippen LogP contribution >= 0.6 is 11.6 Å². The largest absolute Gasteiger partial charge is 0.293 e. The SMILES string of the molecule is Cc1cc(C)cc(-n2c(CCl)nc3ccc(F)c(F)c32)c1. The van der Waals surface area contributed by atoms with Gasteiger partial charge in [-0.05, 0) is 49.2 Å². The molecule has 1 heterocycles. The van der Waals surface area contributed by atoms with Crippen molar-refractivity contribution < 1.29 is 8.78 Å². The first-order valence-corrected chi connectivity index (χ1v) is 7.04. The summed E-state index contributed by atoms with van der Waals surface area (Å²) in [6.07, 6.45) is 0. The zero-order valence-electron chi connectivity index (χ0n) is 11.6. The number of alkyl halides is 1. The lowest BCUT2D eigenvalue weighted by Gasteiger charge is -2.10. The van der Waals surface area contributed by atoms with Crippen molar-refractivity contribution in [3.63, 3.8) is 0 Å². The van der Waals surface area contributed by atoms with E-state index in [9.17, 15) is 8.78 Å². The molecule has 0 N–H and O–H groups in total. The molecule has 0 spiro atoms. The number of benzene rings is 2. The molecule has 108 valence electrons. The van der Waals surface area contributed by atoms with Crippen molar-refractivity contribution in [2.75, 3.05) is 0 Å². The lowest BCUT2D eigenvalue weighted by atomic mass is 10.1. The fourth-order valence-corrected chi connectivity index (χ4v) is 2.78. The maximum Gasteiger partial charge on any atom is 0.185 e. The van der Waals surface area contributed by atoms with E-state index < -0.39 is 11.6 Å². The van der Waals surface area contributed by atoms with Gasteiger partial charge >= 0.3 is 0 Å². The highest BCUT2D eigenvalue weighted by Gasteiger charge is 2.18. The van der Waals surface area contributed by atoms with Crippen LogP contribution in [0.4, 0.5) is 8.78 Å². The lowest BCUT2D eigenvalue weighted by Crippen LogP contribution is -2.02. The standard InChI is InChI=1S/C16H13ClF2N2/c1-9-5-10(2)7-11(6-9)21-14(8-17)20-13-4-3-12(18)15(19)16(13)21/h3-7H,8H2,1-2H3. The van der Waals surface area contributed by atoms with Crippen molar-refractivity contribution in [3.05, 3.63) is 58.9 Å². The number of hydrogen-bond acceptors (Lipinski definition) is 1. The molecule has 0 bridgehead atoms. The van der Waals surface area contributed by atoms with Crippen LogP contribution in [0.3, 0.4) is 0 Å². The van der Waals surface area contributed by atoms with Crippen molar-refractivity contribution in [1.29, 1.82) is 0 Å². The van der Waals surface area contributed by atoms with E-state index >= 15 is 0 Å². The monoisotopic (exact) mass is 306 g/mol. The topological polar surface area (TPSA) is 17.8 Å². The highest BCUT2D eigenvalue weighted by atomic mass is 35.5. The molecule has 2 aromatic carbocycles. The van der Waals surface area contributed by atoms with Crippen LogP contribution in [0.25, 0.3) is 16.7 Å². The summed E-state index contributed by atoms with van der Waals surface area (Å²) >= 11 is 5.93. The van der Waals surface area contributed by atoms with Crippen LogP contribution in [-0.2, 0) is 5.88 Å². The Labute approximate surface area is 126 Å². The number of aromatic nitrogens is 2. The molecule has 0 amide bonds. The summed E-state index contributed by atoms with van der Waals surface area (Å²) < 4.78 is 29.4. The molecule has 0 aliphatic heterocycles. The Morgan fingerprint density at radius 1 is 1.10 bits per heavy atom. The molecule has 5 heteroatoms. The van der Waals surface area contributed by atoms with Gasteiger partial charge < -0.3 is 0 Å². The maximum atomic E-state index is 14.2. The van der Waals surface area contributed by atoms with E-state index in [4.69, 9.17) is 11.6 Å². The van der Waals surface area contributed by atoms with E-state index in [1.54, 1.807) is 4.57 Å². The molecular formula is C16H13ClF2N2. The Kier molecular flexibility index (Phi) is 3.41. The minimum Gasteiger partial charge on any atom is -0.293 e. The Morgan fingerprint density at radius 2 is 1.76 bits per heavy atom. The number of hydrogen-bond donors (Lipinski definition) is 0. The van der Waals surface area contributed by atoms with Gasteiger partial charge in [0.05, 0.1) is 11.4 Å². The zero-order chi connectivity index (χ0) is 15.1. The number of aryl methyl sites for hydroxylation is 2. The highest BCUT2D eigenvalue weighted by Crippen LogP contribution is 2.27. The molecule has 0 atom stereocenters. The van der Waals surface area contributed by atoms with E-state index in [2.05, 4.69) is 4.98 Å². The molecule has 1 aromatic heterocycles. The molecule has 21 heavy (non-hydrogen) atoms. The molecule has 0 unspecified atom stereocenters. The summed E-state index contributed by atoms with van der Waals surface area (Å²) in [5.41, 5.74) is 3.31. The van der Waals surface area contributed by atoms with Gasteiger partial charge in [-0.15, -0.1) is 11.6 Å². The molecular weight excluding hydrogens is 294 g/mol. The third-order valence-corrected chi connectivity index (χ3v) is 3.60.